The number of sulfonamides is 1. The fourth-order valence-corrected chi connectivity index (χ4v) is 4.62. The van der Waals surface area contributed by atoms with Crippen molar-refractivity contribution in [2.24, 2.45) is 5.10 Å². The number of amides is 1. The molecule has 0 saturated heterocycles. The van der Waals surface area contributed by atoms with Gasteiger partial charge >= 0.3 is 0 Å². The quantitative estimate of drug-likeness (QED) is 0.312. The Morgan fingerprint density at radius 2 is 1.80 bits per heavy atom. The first kappa shape index (κ1) is 25.9. The fraction of sp³-hybridized carbons (Fsp3) is 0.167. The van der Waals surface area contributed by atoms with Crippen LogP contribution < -0.4 is 19.2 Å². The SMILES string of the molecule is CCOc1ccc(N(CC(=O)N/N=C\c2cccc(OC)c2O)S(=O)(=O)c2ccc(Cl)cc2)cc1. The van der Waals surface area contributed by atoms with Gasteiger partial charge in [-0.3, -0.25) is 9.10 Å². The molecule has 0 heterocycles. The first-order valence-corrected chi connectivity index (χ1v) is 12.3. The maximum atomic E-state index is 13.4. The molecule has 0 radical (unpaired) electrons. The normalized spacial score (nSPS) is 11.3. The number of carbonyl (C=O) groups is 1. The number of hydrogen-bond donors (Lipinski definition) is 2. The smallest absolute Gasteiger partial charge is 0.264 e. The summed E-state index contributed by atoms with van der Waals surface area (Å²) in [5.41, 5.74) is 2.85. The zero-order chi connectivity index (χ0) is 25.4. The lowest BCUT2D eigenvalue weighted by Gasteiger charge is -2.24. The molecule has 0 aromatic heterocycles. The van der Waals surface area contributed by atoms with Gasteiger partial charge in [0.15, 0.2) is 11.5 Å². The van der Waals surface area contributed by atoms with Crippen molar-refractivity contribution in [1.82, 2.24) is 5.43 Å². The van der Waals surface area contributed by atoms with Crippen LogP contribution in [-0.2, 0) is 14.8 Å². The van der Waals surface area contributed by atoms with Gasteiger partial charge in [0.05, 0.1) is 30.5 Å². The molecule has 0 unspecified atom stereocenters. The minimum Gasteiger partial charge on any atom is -0.504 e. The van der Waals surface area contributed by atoms with Gasteiger partial charge in [-0.1, -0.05) is 17.7 Å². The number of ether oxygens (including phenoxy) is 2. The Labute approximate surface area is 208 Å². The van der Waals surface area contributed by atoms with Crippen molar-refractivity contribution in [2.45, 2.75) is 11.8 Å². The average molecular weight is 518 g/mol. The van der Waals surface area contributed by atoms with E-state index in [0.29, 0.717) is 22.9 Å². The topological polar surface area (TPSA) is 118 Å². The maximum Gasteiger partial charge on any atom is 0.264 e. The first-order chi connectivity index (χ1) is 16.8. The van der Waals surface area contributed by atoms with E-state index < -0.39 is 22.5 Å². The molecule has 3 rings (SSSR count). The Hall–Kier alpha value is -3.76. The predicted molar refractivity (Wildman–Crippen MR) is 134 cm³/mol. The van der Waals surface area contributed by atoms with Crippen molar-refractivity contribution < 1.29 is 27.8 Å². The Kier molecular flexibility index (Phi) is 8.56. The minimum absolute atomic E-state index is 0.0339. The van der Waals surface area contributed by atoms with Crippen molar-refractivity contribution in [2.75, 3.05) is 24.6 Å². The molecule has 0 aliphatic carbocycles. The Balaban J connectivity index is 1.85. The molecule has 9 nitrogen and oxygen atoms in total. The van der Waals surface area contributed by atoms with Crippen molar-refractivity contribution in [3.63, 3.8) is 0 Å². The Bertz CT molecular complexity index is 1300. The summed E-state index contributed by atoms with van der Waals surface area (Å²) in [5, 5.41) is 14.3. The third kappa shape index (κ3) is 6.43. The van der Waals surface area contributed by atoms with E-state index in [1.54, 1.807) is 42.5 Å². The molecule has 0 aliphatic heterocycles. The molecule has 3 aromatic rings. The van der Waals surface area contributed by atoms with Crippen LogP contribution in [0.15, 0.2) is 76.7 Å². The van der Waals surface area contributed by atoms with Gasteiger partial charge < -0.3 is 14.6 Å². The summed E-state index contributed by atoms with van der Waals surface area (Å²) in [4.78, 5) is 12.6. The molecule has 0 bridgehead atoms. The van der Waals surface area contributed by atoms with Gasteiger partial charge in [-0.2, -0.15) is 5.10 Å². The number of nitrogens with one attached hydrogen (secondary N) is 1. The highest BCUT2D eigenvalue weighted by Gasteiger charge is 2.27. The number of hydrogen-bond acceptors (Lipinski definition) is 7. The van der Waals surface area contributed by atoms with E-state index in [4.69, 9.17) is 21.1 Å². The number of para-hydroxylation sites is 1. The second-order valence-electron chi connectivity index (χ2n) is 7.08. The zero-order valence-electron chi connectivity index (χ0n) is 19.0. The Morgan fingerprint density at radius 1 is 1.11 bits per heavy atom. The van der Waals surface area contributed by atoms with E-state index in [0.717, 1.165) is 4.31 Å². The van der Waals surface area contributed by atoms with Crippen molar-refractivity contribution in [3.8, 4) is 17.2 Å². The Morgan fingerprint density at radius 3 is 2.43 bits per heavy atom. The van der Waals surface area contributed by atoms with Gasteiger partial charge in [0.1, 0.15) is 12.3 Å². The summed E-state index contributed by atoms with van der Waals surface area (Å²) in [6, 6.07) is 16.7. The van der Waals surface area contributed by atoms with Crippen LogP contribution in [0.5, 0.6) is 17.2 Å². The van der Waals surface area contributed by atoms with Gasteiger partial charge in [0.2, 0.25) is 0 Å². The van der Waals surface area contributed by atoms with Gasteiger partial charge in [-0.25, -0.2) is 13.8 Å². The molecular weight excluding hydrogens is 494 g/mol. The fourth-order valence-electron chi connectivity index (χ4n) is 3.07. The molecule has 0 saturated carbocycles. The lowest BCUT2D eigenvalue weighted by atomic mass is 10.2. The summed E-state index contributed by atoms with van der Waals surface area (Å²) in [6.07, 6.45) is 1.23. The van der Waals surface area contributed by atoms with E-state index in [2.05, 4.69) is 10.5 Å². The first-order valence-electron chi connectivity index (χ1n) is 10.4. The third-order valence-electron chi connectivity index (χ3n) is 4.77. The van der Waals surface area contributed by atoms with Gasteiger partial charge in [0.25, 0.3) is 15.9 Å². The van der Waals surface area contributed by atoms with Crippen LogP contribution in [0.3, 0.4) is 0 Å². The summed E-state index contributed by atoms with van der Waals surface area (Å²) >= 11 is 5.90. The molecule has 0 fully saturated rings. The standard InChI is InChI=1S/C24H24ClN3O6S/c1-3-34-20-11-9-19(10-12-20)28(35(31,32)21-13-7-18(25)8-14-21)16-23(29)27-26-15-17-5-4-6-22(33-2)24(17)30/h4-15,30H,3,16H2,1-2H3,(H,27,29)/b26-15-. The van der Waals surface area contributed by atoms with E-state index in [9.17, 15) is 18.3 Å². The molecule has 11 heteroatoms. The third-order valence-corrected chi connectivity index (χ3v) is 6.81. The van der Waals surface area contributed by atoms with Gasteiger partial charge in [0, 0.05) is 10.6 Å². The van der Waals surface area contributed by atoms with Crippen LogP contribution in [0.4, 0.5) is 5.69 Å². The summed E-state index contributed by atoms with van der Waals surface area (Å²) in [7, 11) is -2.71. The minimum atomic E-state index is -4.12. The number of methoxy groups -OCH3 is 1. The molecule has 3 aromatic carbocycles. The molecular formula is C24H24ClN3O6S. The van der Waals surface area contributed by atoms with E-state index in [1.165, 1.54) is 37.6 Å². The molecule has 1 amide bonds. The van der Waals surface area contributed by atoms with E-state index in [-0.39, 0.29) is 22.1 Å². The molecule has 0 aliphatic rings. The average Bonchev–Trinajstić information content (AvgIpc) is 2.84. The number of phenolic OH excluding ortho intramolecular Hbond substituents is 1. The van der Waals surface area contributed by atoms with E-state index in [1.807, 2.05) is 6.92 Å². The number of hydrazone groups is 1. The van der Waals surface area contributed by atoms with Crippen molar-refractivity contribution in [3.05, 3.63) is 77.3 Å². The van der Waals surface area contributed by atoms with Gasteiger partial charge in [-0.05, 0) is 67.6 Å². The van der Waals surface area contributed by atoms with Crippen LogP contribution in [0.25, 0.3) is 0 Å². The number of aromatic hydroxyl groups is 1. The molecule has 2 N–H and O–H groups in total. The molecule has 35 heavy (non-hydrogen) atoms. The predicted octanol–water partition coefficient (Wildman–Crippen LogP) is 3.80. The second-order valence-corrected chi connectivity index (χ2v) is 9.38. The largest absolute Gasteiger partial charge is 0.504 e. The number of halogens is 1. The number of rotatable bonds is 10. The number of phenols is 1. The lowest BCUT2D eigenvalue weighted by molar-refractivity contribution is -0.119. The van der Waals surface area contributed by atoms with Crippen LogP contribution in [0, 0.1) is 0 Å². The van der Waals surface area contributed by atoms with Crippen molar-refractivity contribution in [1.29, 1.82) is 0 Å². The highest BCUT2D eigenvalue weighted by molar-refractivity contribution is 7.92. The van der Waals surface area contributed by atoms with Crippen LogP contribution in [-0.4, -0.2) is 45.9 Å². The summed E-state index contributed by atoms with van der Waals surface area (Å²) < 4.78 is 38.2. The summed E-state index contributed by atoms with van der Waals surface area (Å²) in [6.45, 7) is 1.73. The molecule has 0 atom stereocenters. The number of carbonyl (C=O) groups excluding carboxylic acids is 1. The molecule has 184 valence electrons. The van der Waals surface area contributed by atoms with Crippen LogP contribution in [0.1, 0.15) is 12.5 Å². The monoisotopic (exact) mass is 517 g/mol. The summed E-state index contributed by atoms with van der Waals surface area (Å²) in [5.74, 6) is -0.0346. The van der Waals surface area contributed by atoms with Gasteiger partial charge in [-0.15, -0.1) is 0 Å². The molecule has 0 spiro atoms. The van der Waals surface area contributed by atoms with Crippen molar-refractivity contribution >= 4 is 39.4 Å². The van der Waals surface area contributed by atoms with Crippen LogP contribution >= 0.6 is 11.6 Å². The lowest BCUT2D eigenvalue weighted by Crippen LogP contribution is -2.39. The highest BCUT2D eigenvalue weighted by Crippen LogP contribution is 2.28. The second kappa shape index (κ2) is 11.6. The number of benzene rings is 3. The number of nitrogens with zero attached hydrogens (tertiary/aromatic N) is 2. The van der Waals surface area contributed by atoms with Crippen LogP contribution in [0.2, 0.25) is 5.02 Å². The number of anilines is 1. The highest BCUT2D eigenvalue weighted by atomic mass is 35.5. The zero-order valence-corrected chi connectivity index (χ0v) is 20.6. The maximum absolute atomic E-state index is 13.4. The van der Waals surface area contributed by atoms with E-state index >= 15 is 0 Å².